The van der Waals surface area contributed by atoms with E-state index in [2.05, 4.69) is 25.1 Å². The second-order valence-corrected chi connectivity index (χ2v) is 6.59. The fourth-order valence-corrected chi connectivity index (χ4v) is 3.37. The number of hydrogen-bond donors (Lipinski definition) is 0. The van der Waals surface area contributed by atoms with Crippen molar-refractivity contribution >= 4 is 0 Å². The molecule has 3 heteroatoms. The molecule has 0 fully saturated rings. The highest BCUT2D eigenvalue weighted by Crippen LogP contribution is 2.45. The molecule has 3 aromatic heterocycles. The van der Waals surface area contributed by atoms with Crippen molar-refractivity contribution in [3.05, 3.63) is 71.0 Å². The standard InChI is InChI=1S/C21H26O3/c1-5-6-7-14-21(18-11-8-15(2)22-18,19-12-9-16(3)23-19)20-13-10-17(4)24-20/h8-13H,5-7,14H2,1-4H3. The Kier molecular flexibility index (Phi) is 4.70. The molecule has 0 aliphatic rings. The van der Waals surface area contributed by atoms with Crippen molar-refractivity contribution in [1.29, 1.82) is 0 Å². The smallest absolute Gasteiger partial charge is 0.144 e. The summed E-state index contributed by atoms with van der Waals surface area (Å²) >= 11 is 0. The molecule has 0 saturated heterocycles. The fourth-order valence-electron chi connectivity index (χ4n) is 3.37. The summed E-state index contributed by atoms with van der Waals surface area (Å²) in [5.41, 5.74) is -0.508. The summed E-state index contributed by atoms with van der Waals surface area (Å²) in [5, 5.41) is 0. The Morgan fingerprint density at radius 2 is 1.08 bits per heavy atom. The van der Waals surface area contributed by atoms with Crippen LogP contribution >= 0.6 is 0 Å². The minimum atomic E-state index is -0.508. The molecule has 3 heterocycles. The van der Waals surface area contributed by atoms with Crippen LogP contribution in [-0.2, 0) is 5.41 Å². The van der Waals surface area contributed by atoms with Gasteiger partial charge in [0.25, 0.3) is 0 Å². The average Bonchev–Trinajstić information content (AvgIpc) is 3.27. The first kappa shape index (κ1) is 16.7. The van der Waals surface area contributed by atoms with Crippen molar-refractivity contribution in [2.24, 2.45) is 0 Å². The van der Waals surface area contributed by atoms with Crippen LogP contribution in [0.3, 0.4) is 0 Å². The molecule has 0 aromatic carbocycles. The molecular formula is C21H26O3. The third-order valence-corrected chi connectivity index (χ3v) is 4.64. The van der Waals surface area contributed by atoms with Gasteiger partial charge in [0.05, 0.1) is 0 Å². The molecular weight excluding hydrogens is 300 g/mol. The maximum Gasteiger partial charge on any atom is 0.144 e. The lowest BCUT2D eigenvalue weighted by atomic mass is 9.75. The second kappa shape index (κ2) is 6.76. The molecule has 0 spiro atoms. The van der Waals surface area contributed by atoms with Gasteiger partial charge in [-0.25, -0.2) is 0 Å². The summed E-state index contributed by atoms with van der Waals surface area (Å²) in [6, 6.07) is 12.2. The Morgan fingerprint density at radius 3 is 1.38 bits per heavy atom. The van der Waals surface area contributed by atoms with E-state index < -0.39 is 5.41 Å². The van der Waals surface area contributed by atoms with Crippen molar-refractivity contribution < 1.29 is 13.3 Å². The van der Waals surface area contributed by atoms with Crippen molar-refractivity contribution in [3.63, 3.8) is 0 Å². The summed E-state index contributed by atoms with van der Waals surface area (Å²) in [6.07, 6.45) is 4.31. The second-order valence-electron chi connectivity index (χ2n) is 6.59. The summed E-state index contributed by atoms with van der Waals surface area (Å²) in [5.74, 6) is 5.36. The average molecular weight is 326 g/mol. The number of unbranched alkanes of at least 4 members (excludes halogenated alkanes) is 2. The van der Waals surface area contributed by atoms with E-state index in [1.165, 1.54) is 12.8 Å². The van der Waals surface area contributed by atoms with Gasteiger partial charge in [-0.15, -0.1) is 0 Å². The Balaban J connectivity index is 2.18. The molecule has 0 bridgehead atoms. The van der Waals surface area contributed by atoms with Gasteiger partial charge in [-0.2, -0.15) is 0 Å². The zero-order chi connectivity index (χ0) is 17.2. The number of hydrogen-bond acceptors (Lipinski definition) is 3. The van der Waals surface area contributed by atoms with Gasteiger partial charge in [0, 0.05) is 0 Å². The first-order valence-electron chi connectivity index (χ1n) is 8.77. The minimum Gasteiger partial charge on any atom is -0.465 e. The molecule has 0 atom stereocenters. The predicted octanol–water partition coefficient (Wildman–Crippen LogP) is 6.31. The lowest BCUT2D eigenvalue weighted by Gasteiger charge is -2.28. The summed E-state index contributed by atoms with van der Waals surface area (Å²) < 4.78 is 18.3. The van der Waals surface area contributed by atoms with Gasteiger partial charge in [0.15, 0.2) is 0 Å². The molecule has 24 heavy (non-hydrogen) atoms. The predicted molar refractivity (Wildman–Crippen MR) is 94.4 cm³/mol. The first-order chi connectivity index (χ1) is 11.6. The molecule has 3 rings (SSSR count). The summed E-state index contributed by atoms with van der Waals surface area (Å²) in [4.78, 5) is 0. The summed E-state index contributed by atoms with van der Waals surface area (Å²) in [6.45, 7) is 8.13. The number of rotatable bonds is 7. The van der Waals surface area contributed by atoms with Crippen LogP contribution in [0.25, 0.3) is 0 Å². The van der Waals surface area contributed by atoms with Gasteiger partial charge in [-0.1, -0.05) is 26.2 Å². The Morgan fingerprint density at radius 1 is 0.667 bits per heavy atom. The molecule has 0 radical (unpaired) electrons. The molecule has 3 nitrogen and oxygen atoms in total. The van der Waals surface area contributed by atoms with E-state index in [9.17, 15) is 0 Å². The molecule has 0 N–H and O–H groups in total. The third kappa shape index (κ3) is 2.95. The van der Waals surface area contributed by atoms with Gasteiger partial charge in [0.1, 0.15) is 40.0 Å². The zero-order valence-electron chi connectivity index (χ0n) is 15.0. The third-order valence-electron chi connectivity index (χ3n) is 4.64. The topological polar surface area (TPSA) is 39.4 Å². The molecule has 0 saturated carbocycles. The van der Waals surface area contributed by atoms with Crippen LogP contribution in [-0.4, -0.2) is 0 Å². The first-order valence-corrected chi connectivity index (χ1v) is 8.77. The quantitative estimate of drug-likeness (QED) is 0.478. The van der Waals surface area contributed by atoms with Gasteiger partial charge < -0.3 is 13.3 Å². The highest BCUT2D eigenvalue weighted by molar-refractivity contribution is 5.40. The number of furan rings is 3. The normalized spacial score (nSPS) is 12.0. The van der Waals surface area contributed by atoms with Crippen LogP contribution in [0.5, 0.6) is 0 Å². The summed E-state index contributed by atoms with van der Waals surface area (Å²) in [7, 11) is 0. The maximum atomic E-state index is 6.09. The molecule has 0 aliphatic heterocycles. The SMILES string of the molecule is CCCCCC(c1ccc(C)o1)(c1ccc(C)o1)c1ccc(C)o1. The van der Waals surface area contributed by atoms with Crippen molar-refractivity contribution in [2.45, 2.75) is 58.8 Å². The molecule has 0 unspecified atom stereocenters. The monoisotopic (exact) mass is 326 g/mol. The van der Waals surface area contributed by atoms with E-state index >= 15 is 0 Å². The maximum absolute atomic E-state index is 6.09. The van der Waals surface area contributed by atoms with Crippen LogP contribution in [0.2, 0.25) is 0 Å². The largest absolute Gasteiger partial charge is 0.465 e. The Labute approximate surface area is 143 Å². The fraction of sp³-hybridized carbons (Fsp3) is 0.429. The minimum absolute atomic E-state index is 0.508. The van der Waals surface area contributed by atoms with E-state index in [1.54, 1.807) is 0 Å². The van der Waals surface area contributed by atoms with Crippen molar-refractivity contribution in [1.82, 2.24) is 0 Å². The van der Waals surface area contributed by atoms with E-state index in [0.29, 0.717) is 0 Å². The van der Waals surface area contributed by atoms with E-state index in [-0.39, 0.29) is 0 Å². The van der Waals surface area contributed by atoms with Crippen molar-refractivity contribution in [3.8, 4) is 0 Å². The zero-order valence-corrected chi connectivity index (χ0v) is 15.0. The molecule has 128 valence electrons. The number of aryl methyl sites for hydroxylation is 3. The Bertz CT molecular complexity index is 689. The van der Waals surface area contributed by atoms with Crippen LogP contribution in [0.4, 0.5) is 0 Å². The van der Waals surface area contributed by atoms with Gasteiger partial charge in [-0.05, 0) is 63.6 Å². The van der Waals surface area contributed by atoms with Gasteiger partial charge in [-0.3, -0.25) is 0 Å². The van der Waals surface area contributed by atoms with Gasteiger partial charge in [0.2, 0.25) is 0 Å². The van der Waals surface area contributed by atoms with E-state index in [0.717, 1.165) is 47.4 Å². The lowest BCUT2D eigenvalue weighted by molar-refractivity contribution is 0.285. The van der Waals surface area contributed by atoms with Crippen LogP contribution in [0.1, 0.15) is 67.2 Å². The van der Waals surface area contributed by atoms with E-state index in [4.69, 9.17) is 13.3 Å². The molecule has 0 aliphatic carbocycles. The highest BCUT2D eigenvalue weighted by Gasteiger charge is 2.44. The molecule has 0 amide bonds. The van der Waals surface area contributed by atoms with Crippen LogP contribution < -0.4 is 0 Å². The van der Waals surface area contributed by atoms with E-state index in [1.807, 2.05) is 39.0 Å². The van der Waals surface area contributed by atoms with Crippen LogP contribution in [0, 0.1) is 20.8 Å². The van der Waals surface area contributed by atoms with Crippen LogP contribution in [0.15, 0.2) is 49.6 Å². The lowest BCUT2D eigenvalue weighted by Crippen LogP contribution is -2.28. The molecule has 3 aromatic rings. The van der Waals surface area contributed by atoms with Gasteiger partial charge >= 0.3 is 0 Å². The Hall–Kier alpha value is -2.16. The highest BCUT2D eigenvalue weighted by atomic mass is 16.4. The van der Waals surface area contributed by atoms with Crippen molar-refractivity contribution in [2.75, 3.05) is 0 Å².